The first-order valence-corrected chi connectivity index (χ1v) is 13.6. The molecule has 3 heterocycles. The molecule has 34 heavy (non-hydrogen) atoms. The Morgan fingerprint density at radius 1 is 0.912 bits per heavy atom. The van der Waals surface area contributed by atoms with Gasteiger partial charge in [-0.3, -0.25) is 14.5 Å². The molecule has 0 unspecified atom stereocenters. The molecule has 3 fully saturated rings. The Morgan fingerprint density at radius 2 is 1.56 bits per heavy atom. The molecule has 188 valence electrons. The Kier molecular flexibility index (Phi) is 7.91. The Morgan fingerprint density at radius 3 is 2.18 bits per heavy atom. The van der Waals surface area contributed by atoms with Crippen LogP contribution in [0.15, 0.2) is 23.1 Å². The number of carbonyl (C=O) groups is 2. The van der Waals surface area contributed by atoms with E-state index >= 15 is 0 Å². The van der Waals surface area contributed by atoms with Crippen molar-refractivity contribution < 1.29 is 22.7 Å². The first kappa shape index (κ1) is 25.1. The maximum atomic E-state index is 13.1. The predicted molar refractivity (Wildman–Crippen MR) is 128 cm³/mol. The normalized spacial score (nSPS) is 21.6. The summed E-state index contributed by atoms with van der Waals surface area (Å²) >= 11 is 0. The first-order chi connectivity index (χ1) is 16.3. The van der Waals surface area contributed by atoms with Crippen LogP contribution >= 0.6 is 0 Å². The summed E-state index contributed by atoms with van der Waals surface area (Å²) in [5.41, 5.74) is 1.79. The summed E-state index contributed by atoms with van der Waals surface area (Å²) in [7, 11) is -3.55. The fourth-order valence-electron chi connectivity index (χ4n) is 5.06. The molecule has 0 spiro atoms. The van der Waals surface area contributed by atoms with E-state index in [4.69, 9.17) is 4.74 Å². The number of nitrogens with zero attached hydrogens (tertiary/aromatic N) is 4. The van der Waals surface area contributed by atoms with Crippen LogP contribution in [0.4, 0.5) is 0 Å². The second-order valence-electron chi connectivity index (χ2n) is 9.54. The lowest BCUT2D eigenvalue weighted by Crippen LogP contribution is -2.54. The fourth-order valence-corrected chi connectivity index (χ4v) is 6.74. The minimum Gasteiger partial charge on any atom is -0.378 e. The summed E-state index contributed by atoms with van der Waals surface area (Å²) in [5, 5.41) is 0. The number of ether oxygens (including phenoxy) is 1. The zero-order valence-corrected chi connectivity index (χ0v) is 21.1. The van der Waals surface area contributed by atoms with Gasteiger partial charge in [-0.1, -0.05) is 17.7 Å². The van der Waals surface area contributed by atoms with Gasteiger partial charge in [0.2, 0.25) is 21.8 Å². The molecule has 0 bridgehead atoms. The summed E-state index contributed by atoms with van der Waals surface area (Å²) < 4.78 is 33.1. The molecular formula is C24H36N4O5S. The number of piperidine rings is 1. The monoisotopic (exact) mass is 492 g/mol. The van der Waals surface area contributed by atoms with E-state index in [1.807, 2.05) is 35.8 Å². The molecule has 1 aromatic carbocycles. The lowest BCUT2D eigenvalue weighted by atomic mass is 9.96. The Labute approximate surface area is 202 Å². The number of piperazine rings is 1. The fraction of sp³-hybridized carbons (Fsp3) is 0.667. The summed E-state index contributed by atoms with van der Waals surface area (Å²) in [6.45, 7) is 9.95. The first-order valence-electron chi connectivity index (χ1n) is 12.2. The van der Waals surface area contributed by atoms with Crippen LogP contribution in [0.5, 0.6) is 0 Å². The standard InChI is InChI=1S/C24H36N4O5S/c1-19-3-4-22(20(2)17-19)34(31,32)28-7-5-21(6-8-28)24(30)27-11-9-25(10-12-27)18-23(29)26-13-15-33-16-14-26/h3-4,17,21H,5-16,18H2,1-2H3. The van der Waals surface area contributed by atoms with Gasteiger partial charge >= 0.3 is 0 Å². The molecule has 0 N–H and O–H groups in total. The summed E-state index contributed by atoms with van der Waals surface area (Å²) in [6, 6.07) is 5.39. The van der Waals surface area contributed by atoms with Crippen LogP contribution in [-0.4, -0.2) is 111 Å². The van der Waals surface area contributed by atoms with Gasteiger partial charge in [-0.2, -0.15) is 4.31 Å². The van der Waals surface area contributed by atoms with Gasteiger partial charge in [-0.25, -0.2) is 8.42 Å². The lowest BCUT2D eigenvalue weighted by Gasteiger charge is -2.38. The van der Waals surface area contributed by atoms with Crippen molar-refractivity contribution in [2.75, 3.05) is 72.1 Å². The molecular weight excluding hydrogens is 456 g/mol. The van der Waals surface area contributed by atoms with Crippen LogP contribution in [0.3, 0.4) is 0 Å². The van der Waals surface area contributed by atoms with Crippen LogP contribution in [0, 0.1) is 19.8 Å². The Hall–Kier alpha value is -2.01. The second kappa shape index (κ2) is 10.7. The highest BCUT2D eigenvalue weighted by molar-refractivity contribution is 7.89. The number of hydrogen-bond acceptors (Lipinski definition) is 6. The SMILES string of the molecule is Cc1ccc(S(=O)(=O)N2CCC(C(=O)N3CCN(CC(=O)N4CCOCC4)CC3)CC2)c(C)c1. The smallest absolute Gasteiger partial charge is 0.243 e. The highest BCUT2D eigenvalue weighted by Gasteiger charge is 2.35. The van der Waals surface area contributed by atoms with E-state index in [9.17, 15) is 18.0 Å². The Balaban J connectivity index is 1.25. The van der Waals surface area contributed by atoms with Gasteiger partial charge in [0.05, 0.1) is 24.7 Å². The van der Waals surface area contributed by atoms with Crippen molar-refractivity contribution in [2.24, 2.45) is 5.92 Å². The number of sulfonamides is 1. The number of rotatable bonds is 5. The topological polar surface area (TPSA) is 90.5 Å². The Bertz CT molecular complexity index is 993. The van der Waals surface area contributed by atoms with Crippen LogP contribution in [0.1, 0.15) is 24.0 Å². The molecule has 2 amide bonds. The van der Waals surface area contributed by atoms with Crippen molar-refractivity contribution in [2.45, 2.75) is 31.6 Å². The number of morpholine rings is 1. The van der Waals surface area contributed by atoms with Gasteiger partial charge in [-0.15, -0.1) is 0 Å². The highest BCUT2D eigenvalue weighted by Crippen LogP contribution is 2.27. The van der Waals surface area contributed by atoms with Crippen molar-refractivity contribution in [1.29, 1.82) is 0 Å². The maximum absolute atomic E-state index is 13.1. The summed E-state index contributed by atoms with van der Waals surface area (Å²) in [6.07, 6.45) is 1.08. The molecule has 10 heteroatoms. The van der Waals surface area contributed by atoms with Crippen molar-refractivity contribution >= 4 is 21.8 Å². The molecule has 4 rings (SSSR count). The van der Waals surface area contributed by atoms with Crippen molar-refractivity contribution in [1.82, 2.24) is 19.0 Å². The lowest BCUT2D eigenvalue weighted by molar-refractivity contribution is -0.140. The highest BCUT2D eigenvalue weighted by atomic mass is 32.2. The molecule has 3 aliphatic heterocycles. The molecule has 9 nitrogen and oxygen atoms in total. The van der Waals surface area contributed by atoms with E-state index < -0.39 is 10.0 Å². The third-order valence-corrected chi connectivity index (χ3v) is 9.22. The number of aryl methyl sites for hydroxylation is 2. The summed E-state index contributed by atoms with van der Waals surface area (Å²) in [5.74, 6) is 0.0929. The molecule has 0 atom stereocenters. The molecule has 1 aromatic rings. The van der Waals surface area contributed by atoms with Crippen molar-refractivity contribution in [3.05, 3.63) is 29.3 Å². The quantitative estimate of drug-likeness (QED) is 0.601. The zero-order valence-electron chi connectivity index (χ0n) is 20.2. The van der Waals surface area contributed by atoms with E-state index in [1.54, 1.807) is 6.07 Å². The molecule has 0 aromatic heterocycles. The average molecular weight is 493 g/mol. The summed E-state index contributed by atoms with van der Waals surface area (Å²) in [4.78, 5) is 31.8. The second-order valence-corrected chi connectivity index (χ2v) is 11.4. The van der Waals surface area contributed by atoms with Crippen LogP contribution in [-0.2, 0) is 24.3 Å². The molecule has 0 radical (unpaired) electrons. The number of carbonyl (C=O) groups excluding carboxylic acids is 2. The van der Waals surface area contributed by atoms with Crippen LogP contribution in [0.25, 0.3) is 0 Å². The maximum Gasteiger partial charge on any atom is 0.243 e. The molecule has 0 aliphatic carbocycles. The third-order valence-electron chi connectivity index (χ3n) is 7.16. The number of hydrogen-bond donors (Lipinski definition) is 0. The van der Waals surface area contributed by atoms with Gasteiger partial charge in [0.1, 0.15) is 0 Å². The largest absolute Gasteiger partial charge is 0.378 e. The predicted octanol–water partition coefficient (Wildman–Crippen LogP) is 0.707. The zero-order chi connectivity index (χ0) is 24.3. The van der Waals surface area contributed by atoms with Crippen molar-refractivity contribution in [3.63, 3.8) is 0 Å². The van der Waals surface area contributed by atoms with E-state index in [0.29, 0.717) is 89.9 Å². The number of benzene rings is 1. The third kappa shape index (κ3) is 5.62. The van der Waals surface area contributed by atoms with Gasteiger partial charge in [-0.05, 0) is 38.3 Å². The minimum atomic E-state index is -3.55. The van der Waals surface area contributed by atoms with Gasteiger partial charge in [0, 0.05) is 58.3 Å². The van der Waals surface area contributed by atoms with E-state index in [2.05, 4.69) is 4.90 Å². The van der Waals surface area contributed by atoms with E-state index in [-0.39, 0.29) is 17.7 Å². The van der Waals surface area contributed by atoms with Gasteiger partial charge in [0.25, 0.3) is 0 Å². The van der Waals surface area contributed by atoms with Gasteiger partial charge < -0.3 is 14.5 Å². The van der Waals surface area contributed by atoms with Crippen LogP contribution in [0.2, 0.25) is 0 Å². The van der Waals surface area contributed by atoms with Gasteiger partial charge in [0.15, 0.2) is 0 Å². The van der Waals surface area contributed by atoms with Crippen LogP contribution < -0.4 is 0 Å². The minimum absolute atomic E-state index is 0.114. The molecule has 3 saturated heterocycles. The van der Waals surface area contributed by atoms with E-state index in [1.165, 1.54) is 4.31 Å². The average Bonchev–Trinajstić information content (AvgIpc) is 2.84. The number of amides is 2. The molecule has 0 saturated carbocycles. The van der Waals surface area contributed by atoms with E-state index in [0.717, 1.165) is 11.1 Å². The van der Waals surface area contributed by atoms with Crippen molar-refractivity contribution in [3.8, 4) is 0 Å². The molecule has 3 aliphatic rings.